The number of carbonyl (C=O) groups is 3. The van der Waals surface area contributed by atoms with Crippen molar-refractivity contribution in [1.29, 1.82) is 0 Å². The Hall–Kier alpha value is -3.03. The molecule has 1 saturated heterocycles. The Balaban J connectivity index is 1.65. The first kappa shape index (κ1) is 18.8. The maximum atomic E-state index is 12.4. The van der Waals surface area contributed by atoms with Gasteiger partial charge >= 0.3 is 6.03 Å². The number of benzene rings is 1. The third kappa shape index (κ3) is 3.47. The topological polar surface area (TPSA) is 85.1 Å². The van der Waals surface area contributed by atoms with Crippen molar-refractivity contribution >= 4 is 35.7 Å². The molecule has 3 rings (SSSR count). The molecule has 2 heterocycles. The first-order chi connectivity index (χ1) is 12.8. The average molecular weight is 370 g/mol. The van der Waals surface area contributed by atoms with Crippen molar-refractivity contribution in [1.82, 2.24) is 9.80 Å². The minimum Gasteiger partial charge on any atom is -0.323 e. The van der Waals surface area contributed by atoms with Gasteiger partial charge in [-0.25, -0.2) is 9.37 Å². The summed E-state index contributed by atoms with van der Waals surface area (Å²) in [7, 11) is 2.99. The van der Waals surface area contributed by atoms with Crippen LogP contribution in [0, 0.1) is 0 Å². The van der Waals surface area contributed by atoms with E-state index in [-0.39, 0.29) is 12.5 Å². The number of urea groups is 1. The van der Waals surface area contributed by atoms with E-state index in [1.165, 1.54) is 23.8 Å². The van der Waals surface area contributed by atoms with Crippen molar-refractivity contribution in [3.8, 4) is 0 Å². The fraction of sp³-hybridized carbons (Fsp3) is 0.421. The lowest BCUT2D eigenvalue weighted by molar-refractivity contribution is -0.519. The molecule has 0 spiro atoms. The molecule has 0 bridgehead atoms. The van der Waals surface area contributed by atoms with Gasteiger partial charge in [0.15, 0.2) is 6.54 Å². The lowest BCUT2D eigenvalue weighted by Gasteiger charge is -2.30. The normalized spacial score (nSPS) is 20.2. The van der Waals surface area contributed by atoms with E-state index < -0.39 is 18.0 Å². The van der Waals surface area contributed by atoms with Gasteiger partial charge in [-0.1, -0.05) is 26.0 Å². The van der Waals surface area contributed by atoms with Gasteiger partial charge < -0.3 is 5.32 Å². The minimum absolute atomic E-state index is 0.0353. The van der Waals surface area contributed by atoms with Crippen molar-refractivity contribution in [2.24, 2.45) is 4.99 Å². The van der Waals surface area contributed by atoms with Crippen LogP contribution in [0.2, 0.25) is 0 Å². The number of nitrogens with one attached hydrogen (secondary N) is 1. The predicted octanol–water partition coefficient (Wildman–Crippen LogP) is 1.48. The predicted molar refractivity (Wildman–Crippen MR) is 102 cm³/mol. The number of anilines is 1. The van der Waals surface area contributed by atoms with Crippen LogP contribution in [-0.2, 0) is 9.59 Å². The second-order valence-electron chi connectivity index (χ2n) is 6.90. The highest BCUT2D eigenvalue weighted by Crippen LogP contribution is 2.21. The van der Waals surface area contributed by atoms with Crippen molar-refractivity contribution in [3.63, 3.8) is 0 Å². The smallest absolute Gasteiger partial charge is 0.323 e. The van der Waals surface area contributed by atoms with Gasteiger partial charge in [0, 0.05) is 19.8 Å². The zero-order valence-corrected chi connectivity index (χ0v) is 16.0. The quantitative estimate of drug-likeness (QED) is 0.797. The summed E-state index contributed by atoms with van der Waals surface area (Å²) in [5, 5.41) is 2.84. The summed E-state index contributed by atoms with van der Waals surface area (Å²) in [5.41, 5.74) is 1.93. The van der Waals surface area contributed by atoms with E-state index in [0.29, 0.717) is 17.4 Å². The van der Waals surface area contributed by atoms with Crippen LogP contribution in [0.3, 0.4) is 0 Å². The van der Waals surface area contributed by atoms with Crippen molar-refractivity contribution in [2.75, 3.05) is 26.0 Å². The highest BCUT2D eigenvalue weighted by molar-refractivity contribution is 6.21. The van der Waals surface area contributed by atoms with Crippen LogP contribution in [0.5, 0.6) is 0 Å². The molecule has 2 atom stereocenters. The van der Waals surface area contributed by atoms with E-state index in [0.717, 1.165) is 11.3 Å². The lowest BCUT2D eigenvalue weighted by atomic mass is 9.99. The lowest BCUT2D eigenvalue weighted by Crippen LogP contribution is -2.61. The zero-order chi connectivity index (χ0) is 19.7. The number of hydrogen-bond donors (Lipinski definition) is 1. The largest absolute Gasteiger partial charge is 0.333 e. The van der Waals surface area contributed by atoms with Gasteiger partial charge in [-0.2, -0.15) is 0 Å². The van der Waals surface area contributed by atoms with Gasteiger partial charge in [0.1, 0.15) is 0 Å². The SMILES string of the molecule is CCC(C)c1ccc(NC(=O)C[N+]2=CN=C3C2C(=O)N(C)C(=O)N3C)cc1. The molecule has 1 N–H and O–H groups in total. The molecule has 2 aliphatic rings. The van der Waals surface area contributed by atoms with E-state index in [1.807, 2.05) is 24.3 Å². The minimum atomic E-state index is -0.753. The molecular weight excluding hydrogens is 346 g/mol. The van der Waals surface area contributed by atoms with Crippen molar-refractivity contribution in [2.45, 2.75) is 32.2 Å². The molecule has 4 amide bonds. The molecule has 1 aromatic rings. The summed E-state index contributed by atoms with van der Waals surface area (Å²) >= 11 is 0. The number of carbonyl (C=O) groups excluding carboxylic acids is 3. The molecule has 2 unspecified atom stereocenters. The molecule has 142 valence electrons. The summed E-state index contributed by atoms with van der Waals surface area (Å²) in [6.45, 7) is 4.26. The Morgan fingerprint density at radius 1 is 1.22 bits per heavy atom. The molecule has 8 heteroatoms. The first-order valence-corrected chi connectivity index (χ1v) is 8.95. The fourth-order valence-corrected chi connectivity index (χ4v) is 3.17. The second-order valence-corrected chi connectivity index (χ2v) is 6.90. The summed E-state index contributed by atoms with van der Waals surface area (Å²) in [6, 6.07) is 6.58. The number of aliphatic imine (C=N–C) groups is 1. The summed E-state index contributed by atoms with van der Waals surface area (Å²) in [5.74, 6) is 0.164. The van der Waals surface area contributed by atoms with E-state index >= 15 is 0 Å². The monoisotopic (exact) mass is 370 g/mol. The summed E-state index contributed by atoms with van der Waals surface area (Å²) in [6.07, 6.45) is 2.49. The van der Waals surface area contributed by atoms with Crippen LogP contribution in [-0.4, -0.2) is 71.1 Å². The number of amidine groups is 1. The molecule has 0 saturated carbocycles. The Labute approximate surface area is 158 Å². The third-order valence-corrected chi connectivity index (χ3v) is 5.10. The number of amides is 4. The van der Waals surface area contributed by atoms with Crippen LogP contribution >= 0.6 is 0 Å². The Morgan fingerprint density at radius 3 is 2.52 bits per heavy atom. The van der Waals surface area contributed by atoms with Gasteiger partial charge in [-0.3, -0.25) is 19.4 Å². The highest BCUT2D eigenvalue weighted by atomic mass is 16.2. The average Bonchev–Trinajstić information content (AvgIpc) is 3.08. The molecule has 2 aliphatic heterocycles. The summed E-state index contributed by atoms with van der Waals surface area (Å²) in [4.78, 5) is 43.4. The van der Waals surface area contributed by atoms with Crippen LogP contribution in [0.25, 0.3) is 0 Å². The van der Waals surface area contributed by atoms with Crippen LogP contribution < -0.4 is 5.32 Å². The molecule has 0 aliphatic carbocycles. The number of nitrogens with zero attached hydrogens (tertiary/aromatic N) is 4. The molecule has 1 aromatic carbocycles. The molecule has 0 radical (unpaired) electrons. The maximum Gasteiger partial charge on any atom is 0.333 e. The van der Waals surface area contributed by atoms with Crippen LogP contribution in [0.15, 0.2) is 29.3 Å². The van der Waals surface area contributed by atoms with E-state index in [4.69, 9.17) is 0 Å². The zero-order valence-electron chi connectivity index (χ0n) is 16.0. The Kier molecular flexibility index (Phi) is 5.07. The molecular formula is C19H24N5O3+. The maximum absolute atomic E-state index is 12.4. The molecule has 8 nitrogen and oxygen atoms in total. The van der Waals surface area contributed by atoms with Gasteiger partial charge in [-0.05, 0) is 35.0 Å². The van der Waals surface area contributed by atoms with Gasteiger partial charge in [0.05, 0.1) is 0 Å². The number of likely N-dealkylation sites (N-methyl/N-ethyl adjacent to an activating group) is 2. The Morgan fingerprint density at radius 2 is 1.89 bits per heavy atom. The van der Waals surface area contributed by atoms with Gasteiger partial charge in [0.25, 0.3) is 30.0 Å². The third-order valence-electron chi connectivity index (χ3n) is 5.10. The van der Waals surface area contributed by atoms with Crippen LogP contribution in [0.1, 0.15) is 31.7 Å². The highest BCUT2D eigenvalue weighted by Gasteiger charge is 2.50. The van der Waals surface area contributed by atoms with E-state index in [2.05, 4.69) is 24.2 Å². The van der Waals surface area contributed by atoms with Gasteiger partial charge in [0.2, 0.25) is 0 Å². The number of imide groups is 1. The summed E-state index contributed by atoms with van der Waals surface area (Å²) < 4.78 is 1.54. The molecule has 27 heavy (non-hydrogen) atoms. The number of hydrogen-bond acceptors (Lipinski definition) is 4. The first-order valence-electron chi connectivity index (χ1n) is 8.95. The fourth-order valence-electron chi connectivity index (χ4n) is 3.17. The second kappa shape index (κ2) is 7.30. The van der Waals surface area contributed by atoms with Gasteiger partial charge in [-0.15, -0.1) is 0 Å². The molecule has 0 aromatic heterocycles. The number of rotatable bonds is 5. The van der Waals surface area contributed by atoms with Crippen molar-refractivity contribution in [3.05, 3.63) is 29.8 Å². The standard InChI is InChI=1S/C19H23N5O3/c1-5-12(2)13-6-8-14(9-7-13)21-15(25)10-24-11-20-17-16(24)18(26)23(4)19(27)22(17)3/h6-9,11-12,16H,5,10H2,1-4H3/p+1. The number of fused-ring (bicyclic) bond motifs is 1. The van der Waals surface area contributed by atoms with Crippen LogP contribution in [0.4, 0.5) is 10.5 Å². The van der Waals surface area contributed by atoms with Crippen molar-refractivity contribution < 1.29 is 19.0 Å². The Bertz CT molecular complexity index is 843. The van der Waals surface area contributed by atoms with E-state index in [1.54, 1.807) is 11.6 Å². The molecule has 1 fully saturated rings. The van der Waals surface area contributed by atoms with E-state index in [9.17, 15) is 14.4 Å².